The molecule has 0 aliphatic heterocycles. The molecular formula is C9H14BrN3. The Kier molecular flexibility index (Phi) is 2.32. The van der Waals surface area contributed by atoms with Crippen molar-refractivity contribution in [2.75, 3.05) is 5.73 Å². The zero-order valence-electron chi connectivity index (χ0n) is 7.76. The van der Waals surface area contributed by atoms with Gasteiger partial charge in [0.2, 0.25) is 0 Å². The number of nitrogens with zero attached hydrogens (tertiary/aromatic N) is 2. The van der Waals surface area contributed by atoms with Gasteiger partial charge in [-0.15, -0.1) is 0 Å². The molecule has 13 heavy (non-hydrogen) atoms. The number of hydrogen-bond donors (Lipinski definition) is 1. The van der Waals surface area contributed by atoms with Gasteiger partial charge < -0.3 is 5.73 Å². The smallest absolute Gasteiger partial charge is 0.160 e. The first-order valence-electron chi connectivity index (χ1n) is 4.68. The molecule has 1 aliphatic carbocycles. The first-order valence-corrected chi connectivity index (χ1v) is 5.47. The lowest BCUT2D eigenvalue weighted by Gasteiger charge is -2.09. The van der Waals surface area contributed by atoms with Crippen molar-refractivity contribution in [2.24, 2.45) is 7.05 Å². The minimum atomic E-state index is 0.615. The van der Waals surface area contributed by atoms with E-state index >= 15 is 0 Å². The van der Waals surface area contributed by atoms with Crippen LogP contribution in [0.4, 0.5) is 5.82 Å². The van der Waals surface area contributed by atoms with Crippen LogP contribution in [0.2, 0.25) is 0 Å². The predicted molar refractivity (Wildman–Crippen MR) is 56.5 cm³/mol. The van der Waals surface area contributed by atoms with E-state index in [1.54, 1.807) is 0 Å². The molecule has 0 amide bonds. The molecule has 1 saturated carbocycles. The van der Waals surface area contributed by atoms with Crippen LogP contribution >= 0.6 is 15.9 Å². The molecule has 0 spiro atoms. The standard InChI is InChI=1S/C9H14BrN3/c1-13-8(6-4-2-3-5-6)7(10)9(11)12-13/h6H,2-5H2,1H3,(H2,11,12). The van der Waals surface area contributed by atoms with E-state index in [4.69, 9.17) is 5.73 Å². The van der Waals surface area contributed by atoms with Crippen molar-refractivity contribution in [3.05, 3.63) is 10.2 Å². The highest BCUT2D eigenvalue weighted by molar-refractivity contribution is 9.10. The number of nitrogen functional groups attached to an aromatic ring is 1. The third-order valence-electron chi connectivity index (χ3n) is 2.80. The van der Waals surface area contributed by atoms with Crippen LogP contribution in [0.3, 0.4) is 0 Å². The number of halogens is 1. The second-order valence-electron chi connectivity index (χ2n) is 3.69. The summed E-state index contributed by atoms with van der Waals surface area (Å²) in [5.41, 5.74) is 7.00. The van der Waals surface area contributed by atoms with Crippen LogP contribution in [-0.2, 0) is 7.05 Å². The van der Waals surface area contributed by atoms with Crippen molar-refractivity contribution in [1.29, 1.82) is 0 Å². The Balaban J connectivity index is 2.37. The summed E-state index contributed by atoms with van der Waals surface area (Å²) in [6.07, 6.45) is 5.22. The van der Waals surface area contributed by atoms with Gasteiger partial charge in [0.05, 0.1) is 10.2 Å². The first kappa shape index (κ1) is 9.06. The highest BCUT2D eigenvalue weighted by atomic mass is 79.9. The van der Waals surface area contributed by atoms with Crippen molar-refractivity contribution >= 4 is 21.7 Å². The Morgan fingerprint density at radius 1 is 1.46 bits per heavy atom. The van der Waals surface area contributed by atoms with Gasteiger partial charge >= 0.3 is 0 Å². The topological polar surface area (TPSA) is 43.8 Å². The van der Waals surface area contributed by atoms with Gasteiger partial charge in [-0.2, -0.15) is 5.10 Å². The lowest BCUT2D eigenvalue weighted by Crippen LogP contribution is -2.02. The average Bonchev–Trinajstić information content (AvgIpc) is 2.63. The second kappa shape index (κ2) is 3.33. The Morgan fingerprint density at radius 2 is 2.08 bits per heavy atom. The lowest BCUT2D eigenvalue weighted by atomic mass is 10.0. The van der Waals surface area contributed by atoms with Crippen molar-refractivity contribution in [2.45, 2.75) is 31.6 Å². The minimum Gasteiger partial charge on any atom is -0.381 e. The number of rotatable bonds is 1. The third kappa shape index (κ3) is 1.47. The van der Waals surface area contributed by atoms with Gasteiger partial charge in [-0.05, 0) is 28.8 Å². The highest BCUT2D eigenvalue weighted by Crippen LogP contribution is 2.39. The number of nitrogens with two attached hydrogens (primary N) is 1. The normalized spacial score (nSPS) is 18.3. The predicted octanol–water partition coefficient (Wildman–Crippen LogP) is 2.42. The van der Waals surface area contributed by atoms with E-state index in [9.17, 15) is 0 Å². The van der Waals surface area contributed by atoms with Gasteiger partial charge in [-0.25, -0.2) is 0 Å². The molecule has 72 valence electrons. The molecule has 1 fully saturated rings. The van der Waals surface area contributed by atoms with Crippen LogP contribution < -0.4 is 5.73 Å². The Bertz CT molecular complexity index is 313. The monoisotopic (exact) mass is 243 g/mol. The molecule has 3 nitrogen and oxygen atoms in total. The molecule has 0 saturated heterocycles. The summed E-state index contributed by atoms with van der Waals surface area (Å²) in [6, 6.07) is 0. The Hall–Kier alpha value is -0.510. The molecule has 0 radical (unpaired) electrons. The number of aryl methyl sites for hydroxylation is 1. The number of hydrogen-bond acceptors (Lipinski definition) is 2. The van der Waals surface area contributed by atoms with Crippen molar-refractivity contribution in [1.82, 2.24) is 9.78 Å². The Morgan fingerprint density at radius 3 is 2.54 bits per heavy atom. The maximum absolute atomic E-state index is 5.73. The first-order chi connectivity index (χ1) is 6.20. The van der Waals surface area contributed by atoms with Crippen LogP contribution in [0.5, 0.6) is 0 Å². The quantitative estimate of drug-likeness (QED) is 0.824. The molecule has 0 atom stereocenters. The fourth-order valence-corrected chi connectivity index (χ4v) is 2.83. The second-order valence-corrected chi connectivity index (χ2v) is 4.48. The maximum Gasteiger partial charge on any atom is 0.160 e. The molecule has 1 aromatic heterocycles. The van der Waals surface area contributed by atoms with Gasteiger partial charge in [0.25, 0.3) is 0 Å². The molecule has 2 N–H and O–H groups in total. The van der Waals surface area contributed by atoms with Gasteiger partial charge in [0, 0.05) is 13.0 Å². The molecule has 0 unspecified atom stereocenters. The zero-order chi connectivity index (χ0) is 9.42. The van der Waals surface area contributed by atoms with Crippen LogP contribution in [0, 0.1) is 0 Å². The summed E-state index contributed by atoms with van der Waals surface area (Å²) >= 11 is 3.50. The van der Waals surface area contributed by atoms with E-state index in [1.807, 2.05) is 11.7 Å². The summed E-state index contributed by atoms with van der Waals surface area (Å²) in [4.78, 5) is 0. The molecule has 4 heteroatoms. The van der Waals surface area contributed by atoms with Crippen molar-refractivity contribution < 1.29 is 0 Å². The van der Waals surface area contributed by atoms with Crippen molar-refractivity contribution in [3.63, 3.8) is 0 Å². The molecule has 0 aromatic carbocycles. The van der Waals surface area contributed by atoms with E-state index in [0.29, 0.717) is 11.7 Å². The van der Waals surface area contributed by atoms with Gasteiger partial charge in [0.1, 0.15) is 0 Å². The van der Waals surface area contributed by atoms with Gasteiger partial charge in [-0.3, -0.25) is 4.68 Å². The van der Waals surface area contributed by atoms with Crippen LogP contribution in [0.25, 0.3) is 0 Å². The molecular weight excluding hydrogens is 230 g/mol. The third-order valence-corrected chi connectivity index (χ3v) is 3.61. The largest absolute Gasteiger partial charge is 0.381 e. The Labute approximate surface area is 86.4 Å². The van der Waals surface area contributed by atoms with E-state index in [2.05, 4.69) is 21.0 Å². The summed E-state index contributed by atoms with van der Waals surface area (Å²) < 4.78 is 2.91. The van der Waals surface area contributed by atoms with Crippen molar-refractivity contribution in [3.8, 4) is 0 Å². The van der Waals surface area contributed by atoms with Gasteiger partial charge in [0.15, 0.2) is 5.82 Å². The zero-order valence-corrected chi connectivity index (χ0v) is 9.34. The fourth-order valence-electron chi connectivity index (χ4n) is 2.18. The highest BCUT2D eigenvalue weighted by Gasteiger charge is 2.24. The van der Waals surface area contributed by atoms with E-state index in [1.165, 1.54) is 31.4 Å². The molecule has 1 aliphatic rings. The lowest BCUT2D eigenvalue weighted by molar-refractivity contribution is 0.615. The molecule has 1 heterocycles. The summed E-state index contributed by atoms with van der Waals surface area (Å²) in [6.45, 7) is 0. The fraction of sp³-hybridized carbons (Fsp3) is 0.667. The number of anilines is 1. The average molecular weight is 244 g/mol. The SMILES string of the molecule is Cn1nc(N)c(Br)c1C1CCCC1. The summed E-state index contributed by atoms with van der Waals surface area (Å²) in [5, 5.41) is 4.20. The molecule has 0 bridgehead atoms. The maximum atomic E-state index is 5.73. The summed E-state index contributed by atoms with van der Waals surface area (Å²) in [5.74, 6) is 1.27. The molecule has 1 aromatic rings. The number of aromatic nitrogens is 2. The van der Waals surface area contributed by atoms with Gasteiger partial charge in [-0.1, -0.05) is 12.8 Å². The van der Waals surface area contributed by atoms with Crippen LogP contribution in [-0.4, -0.2) is 9.78 Å². The van der Waals surface area contributed by atoms with Crippen LogP contribution in [0.1, 0.15) is 37.3 Å². The summed E-state index contributed by atoms with van der Waals surface area (Å²) in [7, 11) is 1.97. The molecule has 2 rings (SSSR count). The van der Waals surface area contributed by atoms with E-state index in [0.717, 1.165) is 4.47 Å². The van der Waals surface area contributed by atoms with E-state index in [-0.39, 0.29) is 0 Å². The van der Waals surface area contributed by atoms with Crippen LogP contribution in [0.15, 0.2) is 4.47 Å². The minimum absolute atomic E-state index is 0.615. The van der Waals surface area contributed by atoms with E-state index < -0.39 is 0 Å².